The van der Waals surface area contributed by atoms with Crippen molar-refractivity contribution in [2.45, 2.75) is 44.9 Å². The van der Waals surface area contributed by atoms with Gasteiger partial charge in [-0.1, -0.05) is 54.1 Å². The number of hydrogen-bond acceptors (Lipinski definition) is 2. The van der Waals surface area contributed by atoms with Crippen molar-refractivity contribution in [2.75, 3.05) is 13.6 Å². The summed E-state index contributed by atoms with van der Waals surface area (Å²) in [6, 6.07) is 17.7. The third-order valence-electron chi connectivity index (χ3n) is 5.24. The average Bonchev–Trinajstić information content (AvgIpc) is 2.67. The van der Waals surface area contributed by atoms with Crippen molar-refractivity contribution in [2.24, 2.45) is 0 Å². The van der Waals surface area contributed by atoms with Gasteiger partial charge in [-0.05, 0) is 63.0 Å². The molecule has 1 fully saturated rings. The SMILES string of the molecule is CC(NC(=O)N(Cc1ccccc1)C1CCCCN1C)c1cccc(Cl)c1. The van der Waals surface area contributed by atoms with Crippen molar-refractivity contribution in [3.63, 3.8) is 0 Å². The average molecular weight is 386 g/mol. The quantitative estimate of drug-likeness (QED) is 0.781. The monoisotopic (exact) mass is 385 g/mol. The molecule has 2 aromatic carbocycles. The summed E-state index contributed by atoms with van der Waals surface area (Å²) in [6.45, 7) is 3.62. The Labute approximate surface area is 167 Å². The Balaban J connectivity index is 1.77. The van der Waals surface area contributed by atoms with Crippen LogP contribution >= 0.6 is 11.6 Å². The summed E-state index contributed by atoms with van der Waals surface area (Å²) in [7, 11) is 2.11. The van der Waals surface area contributed by atoms with E-state index >= 15 is 0 Å². The Hall–Kier alpha value is -2.04. The van der Waals surface area contributed by atoms with Crippen molar-refractivity contribution in [1.82, 2.24) is 15.1 Å². The number of piperidine rings is 1. The van der Waals surface area contributed by atoms with E-state index in [1.165, 1.54) is 6.42 Å². The number of likely N-dealkylation sites (tertiary alicyclic amines) is 1. The van der Waals surface area contributed by atoms with E-state index in [1.807, 2.05) is 54.3 Å². The predicted molar refractivity (Wildman–Crippen MR) is 111 cm³/mol. The van der Waals surface area contributed by atoms with Gasteiger partial charge in [0.25, 0.3) is 0 Å². The smallest absolute Gasteiger partial charge is 0.319 e. The number of nitrogens with zero attached hydrogens (tertiary/aromatic N) is 2. The molecule has 1 saturated heterocycles. The van der Waals surface area contributed by atoms with Gasteiger partial charge < -0.3 is 10.2 Å². The van der Waals surface area contributed by atoms with E-state index in [1.54, 1.807) is 0 Å². The lowest BCUT2D eigenvalue weighted by molar-refractivity contribution is 0.0498. The van der Waals surface area contributed by atoms with Crippen molar-refractivity contribution in [3.05, 3.63) is 70.7 Å². The molecule has 2 amide bonds. The number of carbonyl (C=O) groups is 1. The Kier molecular flexibility index (Phi) is 6.75. The molecule has 4 nitrogen and oxygen atoms in total. The third kappa shape index (κ3) is 5.24. The number of rotatable bonds is 5. The molecule has 144 valence electrons. The van der Waals surface area contributed by atoms with Gasteiger partial charge >= 0.3 is 6.03 Å². The third-order valence-corrected chi connectivity index (χ3v) is 5.47. The molecule has 0 spiro atoms. The number of carbonyl (C=O) groups excluding carboxylic acids is 1. The molecule has 0 bridgehead atoms. The van der Waals surface area contributed by atoms with Gasteiger partial charge in [-0.25, -0.2) is 4.79 Å². The Bertz CT molecular complexity index is 752. The van der Waals surface area contributed by atoms with Gasteiger partial charge in [-0.2, -0.15) is 0 Å². The minimum Gasteiger partial charge on any atom is -0.331 e. The highest BCUT2D eigenvalue weighted by atomic mass is 35.5. The highest BCUT2D eigenvalue weighted by molar-refractivity contribution is 6.30. The second-order valence-electron chi connectivity index (χ2n) is 7.30. The van der Waals surface area contributed by atoms with Crippen LogP contribution in [-0.2, 0) is 6.54 Å². The maximum atomic E-state index is 13.2. The van der Waals surface area contributed by atoms with Crippen molar-refractivity contribution < 1.29 is 4.79 Å². The normalized spacial score (nSPS) is 18.7. The fraction of sp³-hybridized carbons (Fsp3) is 0.409. The fourth-order valence-electron chi connectivity index (χ4n) is 3.67. The zero-order chi connectivity index (χ0) is 19.2. The highest BCUT2D eigenvalue weighted by Gasteiger charge is 2.29. The van der Waals surface area contributed by atoms with Crippen molar-refractivity contribution in [1.29, 1.82) is 0 Å². The van der Waals surface area contributed by atoms with Crippen LogP contribution in [0, 0.1) is 0 Å². The predicted octanol–water partition coefficient (Wildman–Crippen LogP) is 5.05. The number of amides is 2. The maximum Gasteiger partial charge on any atom is 0.319 e. The van der Waals surface area contributed by atoms with Crippen molar-refractivity contribution >= 4 is 17.6 Å². The molecular formula is C22H28ClN3O. The van der Waals surface area contributed by atoms with Gasteiger partial charge in [-0.15, -0.1) is 0 Å². The molecule has 2 unspecified atom stereocenters. The van der Waals surface area contributed by atoms with Crippen LogP contribution < -0.4 is 5.32 Å². The van der Waals surface area contributed by atoms with Crippen LogP contribution in [0.3, 0.4) is 0 Å². The minimum absolute atomic E-state index is 0.0370. The number of hydrogen-bond donors (Lipinski definition) is 1. The van der Waals surface area contributed by atoms with Gasteiger partial charge in [0.2, 0.25) is 0 Å². The standard InChI is InChI=1S/C22H28ClN3O/c1-17(19-11-8-12-20(23)15-19)24-22(27)26(16-18-9-4-3-5-10-18)21-13-6-7-14-25(21)2/h3-5,8-12,15,17,21H,6-7,13-14,16H2,1-2H3,(H,24,27). The summed E-state index contributed by atoms with van der Waals surface area (Å²) in [5.41, 5.74) is 2.15. The molecule has 0 radical (unpaired) electrons. The van der Waals surface area contributed by atoms with Gasteiger partial charge in [0, 0.05) is 11.6 Å². The second-order valence-corrected chi connectivity index (χ2v) is 7.73. The summed E-state index contributed by atoms with van der Waals surface area (Å²) in [5.74, 6) is 0. The first-order chi connectivity index (χ1) is 13.0. The van der Waals surface area contributed by atoms with Gasteiger partial charge in [0.15, 0.2) is 0 Å². The molecule has 0 aliphatic carbocycles. The van der Waals surface area contributed by atoms with Crippen LogP contribution in [-0.4, -0.2) is 35.6 Å². The summed E-state index contributed by atoms with van der Waals surface area (Å²) in [4.78, 5) is 17.5. The molecule has 1 aliphatic rings. The zero-order valence-corrected chi connectivity index (χ0v) is 16.8. The first-order valence-corrected chi connectivity index (χ1v) is 9.99. The molecular weight excluding hydrogens is 358 g/mol. The molecule has 27 heavy (non-hydrogen) atoms. The molecule has 0 saturated carbocycles. The Morgan fingerprint density at radius 3 is 2.70 bits per heavy atom. The number of urea groups is 1. The summed E-state index contributed by atoms with van der Waals surface area (Å²) >= 11 is 6.11. The number of benzene rings is 2. The molecule has 0 aromatic heterocycles. The van der Waals surface area contributed by atoms with E-state index in [0.717, 1.165) is 30.5 Å². The molecule has 2 atom stereocenters. The Morgan fingerprint density at radius 2 is 2.00 bits per heavy atom. The molecule has 2 aromatic rings. The summed E-state index contributed by atoms with van der Waals surface area (Å²) in [5, 5.41) is 3.85. The van der Waals surface area contributed by atoms with E-state index in [-0.39, 0.29) is 18.2 Å². The highest BCUT2D eigenvalue weighted by Crippen LogP contribution is 2.23. The van der Waals surface area contributed by atoms with Gasteiger partial charge in [-0.3, -0.25) is 4.90 Å². The molecule has 1 heterocycles. The van der Waals surface area contributed by atoms with Crippen LogP contribution in [0.25, 0.3) is 0 Å². The zero-order valence-electron chi connectivity index (χ0n) is 16.1. The van der Waals surface area contributed by atoms with Crippen LogP contribution in [0.1, 0.15) is 43.4 Å². The molecule has 3 rings (SSSR count). The number of halogens is 1. The second kappa shape index (κ2) is 9.25. The lowest BCUT2D eigenvalue weighted by Gasteiger charge is -2.41. The van der Waals surface area contributed by atoms with Crippen LogP contribution in [0.4, 0.5) is 4.79 Å². The molecule has 1 N–H and O–H groups in total. The van der Waals surface area contributed by atoms with E-state index in [9.17, 15) is 4.79 Å². The summed E-state index contributed by atoms with van der Waals surface area (Å²) in [6.07, 6.45) is 3.46. The maximum absolute atomic E-state index is 13.2. The van der Waals surface area contributed by atoms with Crippen LogP contribution in [0.5, 0.6) is 0 Å². The van der Waals surface area contributed by atoms with Crippen LogP contribution in [0.15, 0.2) is 54.6 Å². The summed E-state index contributed by atoms with van der Waals surface area (Å²) < 4.78 is 0. The Morgan fingerprint density at radius 1 is 1.22 bits per heavy atom. The van der Waals surface area contributed by atoms with Crippen LogP contribution in [0.2, 0.25) is 5.02 Å². The van der Waals surface area contributed by atoms with E-state index in [2.05, 4.69) is 29.4 Å². The van der Waals surface area contributed by atoms with E-state index < -0.39 is 0 Å². The largest absolute Gasteiger partial charge is 0.331 e. The minimum atomic E-state index is -0.108. The first kappa shape index (κ1) is 19.7. The first-order valence-electron chi connectivity index (χ1n) is 9.61. The molecule has 5 heteroatoms. The molecule has 1 aliphatic heterocycles. The lowest BCUT2D eigenvalue weighted by Crippen LogP contribution is -2.54. The van der Waals surface area contributed by atoms with E-state index in [0.29, 0.717) is 11.6 Å². The number of nitrogens with one attached hydrogen (secondary N) is 1. The van der Waals surface area contributed by atoms with Gasteiger partial charge in [0.1, 0.15) is 0 Å². The van der Waals surface area contributed by atoms with Gasteiger partial charge in [0.05, 0.1) is 12.2 Å². The van der Waals surface area contributed by atoms with Crippen molar-refractivity contribution in [3.8, 4) is 0 Å². The lowest BCUT2D eigenvalue weighted by atomic mass is 10.1. The topological polar surface area (TPSA) is 35.6 Å². The van der Waals surface area contributed by atoms with E-state index in [4.69, 9.17) is 11.6 Å². The fourth-order valence-corrected chi connectivity index (χ4v) is 3.87.